The van der Waals surface area contributed by atoms with Gasteiger partial charge in [-0.25, -0.2) is 0 Å². The molecule has 0 aromatic carbocycles. The van der Waals surface area contributed by atoms with E-state index in [1.807, 2.05) is 0 Å². The van der Waals surface area contributed by atoms with E-state index in [1.54, 1.807) is 11.8 Å². The Morgan fingerprint density at radius 1 is 1.53 bits per heavy atom. The van der Waals surface area contributed by atoms with E-state index in [0.717, 1.165) is 18.6 Å². The molecule has 1 fully saturated rings. The molecule has 3 N–H and O–H groups in total. The fraction of sp³-hybridized carbons (Fsp3) is 0.800. The van der Waals surface area contributed by atoms with Crippen LogP contribution in [-0.4, -0.2) is 30.0 Å². The monoisotopic (exact) mass is 282 g/mol. The van der Waals surface area contributed by atoms with E-state index >= 15 is 0 Å². The molecule has 19 heavy (non-hydrogen) atoms. The van der Waals surface area contributed by atoms with Gasteiger partial charge in [-0.2, -0.15) is 0 Å². The van der Waals surface area contributed by atoms with E-state index in [2.05, 4.69) is 32.0 Å². The Hall–Kier alpha value is -0.660. The van der Waals surface area contributed by atoms with Crippen molar-refractivity contribution in [3.63, 3.8) is 0 Å². The average Bonchev–Trinajstić information content (AvgIpc) is 2.35. The third kappa shape index (κ3) is 4.15. The van der Waals surface area contributed by atoms with E-state index in [9.17, 15) is 4.79 Å². The van der Waals surface area contributed by atoms with Crippen molar-refractivity contribution in [2.24, 2.45) is 23.0 Å². The number of thioether (sulfide) groups is 1. The van der Waals surface area contributed by atoms with Gasteiger partial charge < -0.3 is 11.1 Å². The molecule has 1 rings (SSSR count). The van der Waals surface area contributed by atoms with Crippen molar-refractivity contribution in [1.29, 1.82) is 0 Å². The number of nitrogens with one attached hydrogen (secondary N) is 1. The first-order valence-corrected chi connectivity index (χ1v) is 8.11. The molecule has 1 aliphatic rings. The molecule has 1 saturated carbocycles. The van der Waals surface area contributed by atoms with Crippen LogP contribution in [0.25, 0.3) is 0 Å². The number of carbonyl (C=O) groups excluding carboxylic acids is 1. The Balaban J connectivity index is 2.46. The van der Waals surface area contributed by atoms with Gasteiger partial charge in [0.05, 0.1) is 5.75 Å². The second kappa shape index (κ2) is 7.21. The van der Waals surface area contributed by atoms with Gasteiger partial charge in [0.25, 0.3) is 0 Å². The normalized spacial score (nSPS) is 29.5. The number of nitrogens with two attached hydrogens (primary N) is 1. The van der Waals surface area contributed by atoms with Crippen LogP contribution in [-0.2, 0) is 4.79 Å². The molecule has 108 valence electrons. The molecular formula is C15H26N2OS. The Morgan fingerprint density at radius 2 is 2.21 bits per heavy atom. The molecule has 3 nitrogen and oxygen atoms in total. The van der Waals surface area contributed by atoms with Crippen molar-refractivity contribution in [2.75, 3.05) is 18.1 Å². The predicted molar refractivity (Wildman–Crippen MR) is 82.8 cm³/mol. The third-order valence-corrected chi connectivity index (χ3v) is 5.41. The van der Waals surface area contributed by atoms with Crippen LogP contribution in [0.4, 0.5) is 0 Å². The van der Waals surface area contributed by atoms with E-state index in [4.69, 9.17) is 12.2 Å². The van der Waals surface area contributed by atoms with Gasteiger partial charge in [0.15, 0.2) is 0 Å². The number of terminal acetylenes is 1. The summed E-state index contributed by atoms with van der Waals surface area (Å²) in [6, 6.07) is 0.213. The molecule has 0 aromatic rings. The number of rotatable bonds is 5. The topological polar surface area (TPSA) is 55.1 Å². The Kier molecular flexibility index (Phi) is 6.22. The van der Waals surface area contributed by atoms with Crippen LogP contribution in [0.15, 0.2) is 0 Å². The van der Waals surface area contributed by atoms with Crippen molar-refractivity contribution in [3.8, 4) is 12.3 Å². The summed E-state index contributed by atoms with van der Waals surface area (Å²) >= 11 is 1.67. The fourth-order valence-corrected chi connectivity index (χ4v) is 3.33. The quantitative estimate of drug-likeness (QED) is 0.598. The highest BCUT2D eigenvalue weighted by Crippen LogP contribution is 2.44. The molecule has 0 bridgehead atoms. The zero-order valence-corrected chi connectivity index (χ0v) is 13.1. The van der Waals surface area contributed by atoms with Crippen molar-refractivity contribution >= 4 is 17.7 Å². The summed E-state index contributed by atoms with van der Waals surface area (Å²) < 4.78 is 0. The zero-order valence-electron chi connectivity index (χ0n) is 12.2. The Bertz CT molecular complexity index is 349. The number of hydrogen-bond acceptors (Lipinski definition) is 3. The standard InChI is InChI=1S/C15H26N2OS/c1-5-9-19-10-8-17-14(18)12-6-7-13(16)11(2)15(12,3)4/h1,11-13H,6-10,16H2,2-4H3,(H,17,18). The maximum Gasteiger partial charge on any atom is 0.223 e. The van der Waals surface area contributed by atoms with Gasteiger partial charge in [-0.3, -0.25) is 4.79 Å². The summed E-state index contributed by atoms with van der Waals surface area (Å²) in [6.45, 7) is 7.17. The molecule has 4 heteroatoms. The minimum absolute atomic E-state index is 0.0340. The SMILES string of the molecule is C#CCSCCNC(=O)C1CCC(N)C(C)C1(C)C. The maximum absolute atomic E-state index is 12.3. The highest BCUT2D eigenvalue weighted by Gasteiger charge is 2.44. The van der Waals surface area contributed by atoms with Gasteiger partial charge in [0, 0.05) is 24.3 Å². The summed E-state index contributed by atoms with van der Waals surface area (Å²) in [5.41, 5.74) is 6.08. The summed E-state index contributed by atoms with van der Waals surface area (Å²) in [5.74, 6) is 4.77. The lowest BCUT2D eigenvalue weighted by Gasteiger charge is -2.46. The van der Waals surface area contributed by atoms with Crippen LogP contribution in [0.3, 0.4) is 0 Å². The summed E-state index contributed by atoms with van der Waals surface area (Å²) in [5, 5.41) is 3.03. The van der Waals surface area contributed by atoms with E-state index in [1.165, 1.54) is 0 Å². The predicted octanol–water partition coefficient (Wildman–Crippen LogP) is 1.87. The summed E-state index contributed by atoms with van der Waals surface area (Å²) in [7, 11) is 0. The van der Waals surface area contributed by atoms with Gasteiger partial charge in [0.2, 0.25) is 5.91 Å². The van der Waals surface area contributed by atoms with Crippen LogP contribution in [0.5, 0.6) is 0 Å². The number of amides is 1. The highest BCUT2D eigenvalue weighted by atomic mass is 32.2. The largest absolute Gasteiger partial charge is 0.355 e. The molecule has 0 spiro atoms. The second-order valence-electron chi connectivity index (χ2n) is 5.95. The van der Waals surface area contributed by atoms with Crippen LogP contribution >= 0.6 is 11.8 Å². The average molecular weight is 282 g/mol. The molecule has 1 aliphatic carbocycles. The van der Waals surface area contributed by atoms with E-state index < -0.39 is 0 Å². The van der Waals surface area contributed by atoms with Crippen LogP contribution in [0.1, 0.15) is 33.6 Å². The zero-order chi connectivity index (χ0) is 14.5. The molecule has 1 amide bonds. The highest BCUT2D eigenvalue weighted by molar-refractivity contribution is 7.99. The Morgan fingerprint density at radius 3 is 2.84 bits per heavy atom. The lowest BCUT2D eigenvalue weighted by atomic mass is 9.61. The smallest absolute Gasteiger partial charge is 0.223 e. The van der Waals surface area contributed by atoms with Crippen LogP contribution in [0.2, 0.25) is 0 Å². The lowest BCUT2D eigenvalue weighted by molar-refractivity contribution is -0.132. The molecule has 0 radical (unpaired) electrons. The van der Waals surface area contributed by atoms with Gasteiger partial charge in [-0.1, -0.05) is 26.7 Å². The minimum atomic E-state index is -0.0340. The fourth-order valence-electron chi connectivity index (χ4n) is 2.82. The second-order valence-corrected chi connectivity index (χ2v) is 7.06. The van der Waals surface area contributed by atoms with Crippen molar-refractivity contribution in [1.82, 2.24) is 5.32 Å². The Labute approximate surface area is 121 Å². The van der Waals surface area contributed by atoms with E-state index in [-0.39, 0.29) is 23.3 Å². The van der Waals surface area contributed by atoms with Gasteiger partial charge in [-0.05, 0) is 24.2 Å². The summed E-state index contributed by atoms with van der Waals surface area (Å²) in [4.78, 5) is 12.3. The van der Waals surface area contributed by atoms with Gasteiger partial charge in [-0.15, -0.1) is 18.2 Å². The first kappa shape index (κ1) is 16.4. The molecule has 0 aliphatic heterocycles. The summed E-state index contributed by atoms with van der Waals surface area (Å²) in [6.07, 6.45) is 7.01. The molecule has 3 atom stereocenters. The van der Waals surface area contributed by atoms with Crippen LogP contribution < -0.4 is 11.1 Å². The molecule has 3 unspecified atom stereocenters. The molecular weight excluding hydrogens is 256 g/mol. The van der Waals surface area contributed by atoms with Gasteiger partial charge in [0.1, 0.15) is 0 Å². The lowest BCUT2D eigenvalue weighted by Crippen LogP contribution is -2.51. The van der Waals surface area contributed by atoms with E-state index in [0.29, 0.717) is 18.2 Å². The van der Waals surface area contributed by atoms with Crippen molar-refractivity contribution < 1.29 is 4.79 Å². The number of carbonyl (C=O) groups is 1. The molecule has 0 saturated heterocycles. The third-order valence-electron chi connectivity index (χ3n) is 4.55. The minimum Gasteiger partial charge on any atom is -0.355 e. The number of hydrogen-bond donors (Lipinski definition) is 2. The van der Waals surface area contributed by atoms with Crippen molar-refractivity contribution in [2.45, 2.75) is 39.7 Å². The van der Waals surface area contributed by atoms with Gasteiger partial charge >= 0.3 is 0 Å². The first-order chi connectivity index (χ1) is 8.91. The maximum atomic E-state index is 12.3. The molecule has 0 aromatic heterocycles. The molecule has 0 heterocycles. The first-order valence-electron chi connectivity index (χ1n) is 6.95. The van der Waals surface area contributed by atoms with Crippen molar-refractivity contribution in [3.05, 3.63) is 0 Å². The van der Waals surface area contributed by atoms with Crippen LogP contribution in [0, 0.1) is 29.6 Å².